The molecule has 0 unspecified atom stereocenters. The van der Waals surface area contributed by atoms with Crippen molar-refractivity contribution in [3.05, 3.63) is 108 Å². The van der Waals surface area contributed by atoms with Crippen LogP contribution < -0.4 is 0 Å². The number of hydrogen-bond donors (Lipinski definition) is 0. The minimum atomic E-state index is 0. The normalized spacial score (nSPS) is 10.9. The van der Waals surface area contributed by atoms with Crippen LogP contribution in [0.15, 0.2) is 97.3 Å². The number of thiazole rings is 1. The predicted octanol–water partition coefficient (Wildman–Crippen LogP) is 6.98. The zero-order valence-electron chi connectivity index (χ0n) is 18.3. The van der Waals surface area contributed by atoms with E-state index in [1.807, 2.05) is 35.9 Å². The molecule has 6 heteroatoms. The van der Waals surface area contributed by atoms with Crippen LogP contribution in [0.3, 0.4) is 0 Å². The number of benzene rings is 4. The summed E-state index contributed by atoms with van der Waals surface area (Å²) in [6, 6.07) is 34.6. The molecule has 0 bridgehead atoms. The molecule has 4 nitrogen and oxygen atoms in total. The third kappa shape index (κ3) is 4.01. The molecule has 0 saturated carbocycles. The summed E-state index contributed by atoms with van der Waals surface area (Å²) in [6.07, 6.45) is 1.61. The molecule has 1 radical (unpaired) electrons. The van der Waals surface area contributed by atoms with Crippen molar-refractivity contribution in [1.29, 1.82) is 0 Å². The second-order valence-electron chi connectivity index (χ2n) is 7.76. The fraction of sp³-hybridized carbons (Fsp3) is 0.0357. The summed E-state index contributed by atoms with van der Waals surface area (Å²) >= 11 is 1.67. The van der Waals surface area contributed by atoms with Crippen molar-refractivity contribution in [1.82, 2.24) is 19.7 Å². The summed E-state index contributed by atoms with van der Waals surface area (Å²) in [6.45, 7) is 2.02. The van der Waals surface area contributed by atoms with Gasteiger partial charge in [-0.25, -0.2) is 0 Å². The van der Waals surface area contributed by atoms with Crippen molar-refractivity contribution in [3.63, 3.8) is 0 Å². The second kappa shape index (κ2) is 9.43. The van der Waals surface area contributed by atoms with E-state index < -0.39 is 0 Å². The van der Waals surface area contributed by atoms with E-state index in [4.69, 9.17) is 0 Å². The number of hydrogen-bond acceptors (Lipinski definition) is 4. The quantitative estimate of drug-likeness (QED) is 0.196. The SMILES string of the molecule is Cc1nc2cc(-c3ncnn3-c3c(-c4ccccc4)cccc3-c3ccccc3)[c-]cc2s1.[Ir]. The average Bonchev–Trinajstić information content (AvgIpc) is 3.50. The van der Waals surface area contributed by atoms with Crippen molar-refractivity contribution in [2.75, 3.05) is 0 Å². The molecule has 6 rings (SSSR count). The fourth-order valence-electron chi connectivity index (χ4n) is 4.18. The van der Waals surface area contributed by atoms with Crippen LogP contribution in [-0.2, 0) is 20.1 Å². The Balaban J connectivity index is 0.00000241. The van der Waals surface area contributed by atoms with Gasteiger partial charge in [0.25, 0.3) is 0 Å². The molecule has 0 aliphatic rings. The third-order valence-electron chi connectivity index (χ3n) is 5.63. The molecule has 0 aliphatic heterocycles. The van der Waals surface area contributed by atoms with E-state index in [1.54, 1.807) is 17.7 Å². The number of fused-ring (bicyclic) bond motifs is 1. The first-order valence-corrected chi connectivity index (χ1v) is 11.5. The van der Waals surface area contributed by atoms with Gasteiger partial charge in [0, 0.05) is 31.2 Å². The van der Waals surface area contributed by atoms with E-state index >= 15 is 0 Å². The molecule has 2 heterocycles. The van der Waals surface area contributed by atoms with E-state index in [0.29, 0.717) is 0 Å². The number of para-hydroxylation sites is 1. The van der Waals surface area contributed by atoms with Crippen LogP contribution in [-0.4, -0.2) is 19.7 Å². The number of aryl methyl sites for hydroxylation is 1. The van der Waals surface area contributed by atoms with E-state index in [1.165, 1.54) is 0 Å². The molecule has 0 amide bonds. The maximum Gasteiger partial charge on any atom is 0.127 e. The van der Waals surface area contributed by atoms with E-state index in [9.17, 15) is 0 Å². The van der Waals surface area contributed by atoms with Gasteiger partial charge in [-0.15, -0.1) is 23.8 Å². The molecule has 34 heavy (non-hydrogen) atoms. The van der Waals surface area contributed by atoms with Crippen LogP contribution in [0.25, 0.3) is 49.5 Å². The van der Waals surface area contributed by atoms with Crippen LogP contribution >= 0.6 is 11.3 Å². The first-order valence-electron chi connectivity index (χ1n) is 10.7. The molecule has 0 atom stereocenters. The van der Waals surface area contributed by atoms with Gasteiger partial charge in [-0.3, -0.25) is 14.6 Å². The van der Waals surface area contributed by atoms with Gasteiger partial charge in [-0.05, 0) is 28.3 Å². The Labute approximate surface area is 215 Å². The molecule has 0 saturated heterocycles. The Bertz CT molecular complexity index is 1510. The minimum Gasteiger partial charge on any atom is -0.264 e. The fourth-order valence-corrected chi connectivity index (χ4v) is 4.97. The second-order valence-corrected chi connectivity index (χ2v) is 8.99. The minimum absolute atomic E-state index is 0. The Hall–Kier alpha value is -3.44. The smallest absolute Gasteiger partial charge is 0.127 e. The largest absolute Gasteiger partial charge is 0.264 e. The van der Waals surface area contributed by atoms with Crippen molar-refractivity contribution in [2.45, 2.75) is 6.92 Å². The number of rotatable bonds is 4. The van der Waals surface area contributed by atoms with Gasteiger partial charge < -0.3 is 0 Å². The maximum atomic E-state index is 4.69. The molecule has 0 aliphatic carbocycles. The monoisotopic (exact) mass is 636 g/mol. The summed E-state index contributed by atoms with van der Waals surface area (Å²) in [7, 11) is 0. The van der Waals surface area contributed by atoms with E-state index in [0.717, 1.165) is 54.6 Å². The van der Waals surface area contributed by atoms with Crippen LogP contribution in [0.1, 0.15) is 5.01 Å². The Kier molecular flexibility index (Phi) is 6.20. The molecule has 2 aromatic heterocycles. The van der Waals surface area contributed by atoms with Crippen molar-refractivity contribution in [2.24, 2.45) is 0 Å². The van der Waals surface area contributed by atoms with Crippen LogP contribution in [0.4, 0.5) is 0 Å². The number of nitrogens with zero attached hydrogens (tertiary/aromatic N) is 4. The Morgan fingerprint density at radius 2 is 1.47 bits per heavy atom. The first kappa shape index (κ1) is 22.4. The molecule has 6 aromatic rings. The number of aromatic nitrogens is 4. The summed E-state index contributed by atoms with van der Waals surface area (Å²) in [5, 5.41) is 5.73. The molecule has 167 valence electrons. The van der Waals surface area contributed by atoms with Gasteiger partial charge in [0.15, 0.2) is 0 Å². The molecule has 0 spiro atoms. The van der Waals surface area contributed by atoms with Crippen LogP contribution in [0, 0.1) is 13.0 Å². The van der Waals surface area contributed by atoms with Crippen molar-refractivity contribution in [3.8, 4) is 39.3 Å². The summed E-state index contributed by atoms with van der Waals surface area (Å²) in [5.74, 6) is 0.739. The Morgan fingerprint density at radius 3 is 2.12 bits per heavy atom. The Morgan fingerprint density at radius 1 is 0.824 bits per heavy atom. The standard InChI is InChI=1S/C28H19N4S.Ir/c1-19-31-25-17-22(15-16-26(25)33-19)28-29-18-30-32(28)27-23(20-9-4-2-5-10-20)13-8-14-24(27)21-11-6-3-7-12-21;/h2-14,16-18H,1H3;/q-1;. The van der Waals surface area contributed by atoms with Gasteiger partial charge >= 0.3 is 0 Å². The first-order chi connectivity index (χ1) is 16.3. The summed E-state index contributed by atoms with van der Waals surface area (Å²) in [5.41, 5.74) is 7.25. The molecule has 0 N–H and O–H groups in total. The summed E-state index contributed by atoms with van der Waals surface area (Å²) in [4.78, 5) is 9.30. The molecular formula is C28H19IrN4S-. The van der Waals surface area contributed by atoms with Crippen LogP contribution in [0.2, 0.25) is 0 Å². The van der Waals surface area contributed by atoms with Gasteiger partial charge in [0.05, 0.1) is 16.5 Å². The van der Waals surface area contributed by atoms with E-state index in [2.05, 4.69) is 87.9 Å². The summed E-state index contributed by atoms with van der Waals surface area (Å²) < 4.78 is 3.05. The molecule has 4 aromatic carbocycles. The van der Waals surface area contributed by atoms with Gasteiger partial charge in [0.2, 0.25) is 0 Å². The van der Waals surface area contributed by atoms with Crippen LogP contribution in [0.5, 0.6) is 0 Å². The third-order valence-corrected chi connectivity index (χ3v) is 6.57. The van der Waals surface area contributed by atoms with Gasteiger partial charge in [-0.2, -0.15) is 16.4 Å². The predicted molar refractivity (Wildman–Crippen MR) is 134 cm³/mol. The van der Waals surface area contributed by atoms with Crippen molar-refractivity contribution >= 4 is 21.6 Å². The maximum absolute atomic E-state index is 4.69. The van der Waals surface area contributed by atoms with Gasteiger partial charge in [-0.1, -0.05) is 78.9 Å². The molecule has 0 fully saturated rings. The van der Waals surface area contributed by atoms with Crippen molar-refractivity contribution < 1.29 is 20.1 Å². The zero-order valence-corrected chi connectivity index (χ0v) is 21.5. The van der Waals surface area contributed by atoms with E-state index in [-0.39, 0.29) is 20.1 Å². The zero-order chi connectivity index (χ0) is 22.2. The van der Waals surface area contributed by atoms with Gasteiger partial charge in [0.1, 0.15) is 6.33 Å². The average molecular weight is 636 g/mol. The molecular weight excluding hydrogens is 617 g/mol. The topological polar surface area (TPSA) is 43.6 Å².